The van der Waals surface area contributed by atoms with Crippen molar-refractivity contribution in [3.05, 3.63) is 70.0 Å². The minimum Gasteiger partial charge on any atom is -0.484 e. The first-order valence-electron chi connectivity index (χ1n) is 8.64. The summed E-state index contributed by atoms with van der Waals surface area (Å²) >= 11 is 1.64. The van der Waals surface area contributed by atoms with E-state index in [0.717, 1.165) is 28.2 Å². The van der Waals surface area contributed by atoms with Gasteiger partial charge in [-0.2, -0.15) is 0 Å². The third kappa shape index (κ3) is 4.92. The third-order valence-corrected chi connectivity index (χ3v) is 4.83. The van der Waals surface area contributed by atoms with Gasteiger partial charge in [-0.1, -0.05) is 43.3 Å². The van der Waals surface area contributed by atoms with E-state index in [1.54, 1.807) is 11.3 Å². The van der Waals surface area contributed by atoms with Crippen LogP contribution in [0.15, 0.2) is 53.9 Å². The zero-order valence-corrected chi connectivity index (χ0v) is 15.8. The first kappa shape index (κ1) is 18.1. The monoisotopic (exact) mass is 366 g/mol. The summed E-state index contributed by atoms with van der Waals surface area (Å²) in [7, 11) is 0. The van der Waals surface area contributed by atoms with Crippen LogP contribution >= 0.6 is 11.3 Å². The Labute approximate surface area is 157 Å². The van der Waals surface area contributed by atoms with Gasteiger partial charge in [-0.05, 0) is 36.6 Å². The van der Waals surface area contributed by atoms with Crippen molar-refractivity contribution in [3.63, 3.8) is 0 Å². The Hall–Kier alpha value is -2.66. The number of carbonyl (C=O) groups is 1. The third-order valence-electron chi connectivity index (χ3n) is 4.06. The molecule has 1 aromatic heterocycles. The molecule has 0 spiro atoms. The lowest BCUT2D eigenvalue weighted by Crippen LogP contribution is -2.28. The summed E-state index contributed by atoms with van der Waals surface area (Å²) in [5.74, 6) is 0.573. The van der Waals surface area contributed by atoms with Crippen LogP contribution in [0.1, 0.15) is 23.1 Å². The second kappa shape index (κ2) is 8.63. The minimum atomic E-state index is -0.135. The number of nitrogens with one attached hydrogen (secondary N) is 1. The van der Waals surface area contributed by atoms with E-state index in [1.807, 2.05) is 55.5 Å². The normalized spacial score (nSPS) is 10.5. The molecule has 3 aromatic rings. The first-order chi connectivity index (χ1) is 12.6. The summed E-state index contributed by atoms with van der Waals surface area (Å²) in [5.41, 5.74) is 4.37. The van der Waals surface area contributed by atoms with Crippen LogP contribution in [-0.4, -0.2) is 17.5 Å². The zero-order valence-electron chi connectivity index (χ0n) is 15.0. The van der Waals surface area contributed by atoms with Gasteiger partial charge in [-0.25, -0.2) is 4.98 Å². The predicted octanol–water partition coefficient (Wildman–Crippen LogP) is 4.38. The lowest BCUT2D eigenvalue weighted by atomic mass is 10.1. The molecule has 0 bridgehead atoms. The van der Waals surface area contributed by atoms with Gasteiger partial charge in [0.15, 0.2) is 6.61 Å². The molecule has 26 heavy (non-hydrogen) atoms. The number of aromatic nitrogens is 1. The fraction of sp³-hybridized carbons (Fsp3) is 0.238. The number of nitrogens with zero attached hydrogens (tertiary/aromatic N) is 1. The Bertz CT molecular complexity index is 854. The largest absolute Gasteiger partial charge is 0.484 e. The van der Waals surface area contributed by atoms with Gasteiger partial charge in [0.1, 0.15) is 5.75 Å². The number of carbonyl (C=O) groups excluding carboxylic acids is 1. The number of ether oxygens (including phenoxy) is 1. The summed E-state index contributed by atoms with van der Waals surface area (Å²) in [4.78, 5) is 16.4. The van der Waals surface area contributed by atoms with Crippen molar-refractivity contribution in [2.45, 2.75) is 26.8 Å². The topological polar surface area (TPSA) is 51.2 Å². The maximum Gasteiger partial charge on any atom is 0.258 e. The number of rotatable bonds is 7. The van der Waals surface area contributed by atoms with Gasteiger partial charge < -0.3 is 10.1 Å². The van der Waals surface area contributed by atoms with Crippen LogP contribution in [0.25, 0.3) is 11.3 Å². The highest BCUT2D eigenvalue weighted by molar-refractivity contribution is 7.09. The zero-order chi connectivity index (χ0) is 18.4. The van der Waals surface area contributed by atoms with E-state index in [0.29, 0.717) is 12.3 Å². The van der Waals surface area contributed by atoms with E-state index in [-0.39, 0.29) is 12.5 Å². The summed E-state index contributed by atoms with van der Waals surface area (Å²) in [6.45, 7) is 4.60. The molecule has 0 aliphatic carbocycles. The van der Waals surface area contributed by atoms with Gasteiger partial charge in [0.05, 0.1) is 10.7 Å². The van der Waals surface area contributed by atoms with Gasteiger partial charge in [0.2, 0.25) is 0 Å². The molecule has 0 aliphatic heterocycles. The average molecular weight is 366 g/mol. The van der Waals surface area contributed by atoms with Crippen LogP contribution in [0.5, 0.6) is 5.75 Å². The fourth-order valence-electron chi connectivity index (χ4n) is 2.51. The van der Waals surface area contributed by atoms with E-state index >= 15 is 0 Å². The van der Waals surface area contributed by atoms with Crippen molar-refractivity contribution in [1.29, 1.82) is 0 Å². The Kier molecular flexibility index (Phi) is 6.02. The van der Waals surface area contributed by atoms with Crippen molar-refractivity contribution >= 4 is 17.2 Å². The smallest absolute Gasteiger partial charge is 0.258 e. The Balaban J connectivity index is 1.46. The molecule has 0 unspecified atom stereocenters. The molecule has 2 aromatic carbocycles. The molecule has 1 amide bonds. The molecule has 4 nitrogen and oxygen atoms in total. The van der Waals surface area contributed by atoms with Crippen LogP contribution in [0.2, 0.25) is 0 Å². The number of hydrogen-bond donors (Lipinski definition) is 1. The molecule has 5 heteroatoms. The summed E-state index contributed by atoms with van der Waals surface area (Å²) in [6, 6.07) is 15.9. The molecule has 0 aliphatic rings. The van der Waals surface area contributed by atoms with Crippen LogP contribution in [0.4, 0.5) is 0 Å². The maximum absolute atomic E-state index is 12.0. The van der Waals surface area contributed by atoms with Crippen LogP contribution in [0, 0.1) is 6.92 Å². The highest BCUT2D eigenvalue weighted by atomic mass is 32.1. The van der Waals surface area contributed by atoms with Crippen molar-refractivity contribution < 1.29 is 9.53 Å². The van der Waals surface area contributed by atoms with E-state index < -0.39 is 0 Å². The second-order valence-electron chi connectivity index (χ2n) is 6.01. The number of thiazole rings is 1. The Morgan fingerprint density at radius 3 is 2.38 bits per heavy atom. The maximum atomic E-state index is 12.0. The lowest BCUT2D eigenvalue weighted by Gasteiger charge is -2.08. The van der Waals surface area contributed by atoms with Crippen LogP contribution in [-0.2, 0) is 17.8 Å². The number of hydrogen-bond acceptors (Lipinski definition) is 4. The number of amides is 1. The lowest BCUT2D eigenvalue weighted by molar-refractivity contribution is -0.123. The van der Waals surface area contributed by atoms with E-state index in [2.05, 4.69) is 22.6 Å². The molecular formula is C21H22N2O2S. The van der Waals surface area contributed by atoms with Crippen LogP contribution in [0.3, 0.4) is 0 Å². The molecule has 0 fully saturated rings. The second-order valence-corrected chi connectivity index (χ2v) is 7.07. The van der Waals surface area contributed by atoms with Gasteiger partial charge >= 0.3 is 0 Å². The number of aryl methyl sites for hydroxylation is 2. The van der Waals surface area contributed by atoms with E-state index in [4.69, 9.17) is 4.74 Å². The Morgan fingerprint density at radius 1 is 1.08 bits per heavy atom. The number of benzene rings is 2. The molecular weight excluding hydrogens is 344 g/mol. The van der Waals surface area contributed by atoms with E-state index in [1.165, 1.54) is 5.56 Å². The molecule has 0 saturated carbocycles. The van der Waals surface area contributed by atoms with Crippen LogP contribution < -0.4 is 10.1 Å². The van der Waals surface area contributed by atoms with Gasteiger partial charge in [0, 0.05) is 17.5 Å². The molecule has 0 atom stereocenters. The highest BCUT2D eigenvalue weighted by Gasteiger charge is 2.05. The Morgan fingerprint density at radius 2 is 1.77 bits per heavy atom. The molecule has 1 N–H and O–H groups in total. The predicted molar refractivity (Wildman–Crippen MR) is 105 cm³/mol. The van der Waals surface area contributed by atoms with Crippen molar-refractivity contribution in [1.82, 2.24) is 10.3 Å². The standard InChI is InChI=1S/C21H22N2O2S/c1-3-16-6-10-19(11-7-16)25-13-21(24)22-12-17-4-8-18(9-5-17)20-14-26-15(2)23-20/h4-11,14H,3,12-13H2,1-2H3,(H,22,24). The first-order valence-corrected chi connectivity index (χ1v) is 9.52. The highest BCUT2D eigenvalue weighted by Crippen LogP contribution is 2.21. The van der Waals surface area contributed by atoms with Crippen molar-refractivity contribution in [3.8, 4) is 17.0 Å². The van der Waals surface area contributed by atoms with Gasteiger partial charge in [-0.15, -0.1) is 11.3 Å². The van der Waals surface area contributed by atoms with Gasteiger partial charge in [-0.3, -0.25) is 4.79 Å². The van der Waals surface area contributed by atoms with E-state index in [9.17, 15) is 4.79 Å². The van der Waals surface area contributed by atoms with Crippen molar-refractivity contribution in [2.75, 3.05) is 6.61 Å². The summed E-state index contributed by atoms with van der Waals surface area (Å²) < 4.78 is 5.52. The molecule has 0 radical (unpaired) electrons. The SMILES string of the molecule is CCc1ccc(OCC(=O)NCc2ccc(-c3csc(C)n3)cc2)cc1. The average Bonchev–Trinajstić information content (AvgIpc) is 3.12. The minimum absolute atomic E-state index is 0.0155. The fourth-order valence-corrected chi connectivity index (χ4v) is 3.13. The summed E-state index contributed by atoms with van der Waals surface area (Å²) in [6.07, 6.45) is 0.988. The molecule has 0 saturated heterocycles. The molecule has 1 heterocycles. The van der Waals surface area contributed by atoms with Crippen molar-refractivity contribution in [2.24, 2.45) is 0 Å². The molecule has 3 rings (SSSR count). The molecule has 134 valence electrons. The quantitative estimate of drug-likeness (QED) is 0.675. The van der Waals surface area contributed by atoms with Gasteiger partial charge in [0.25, 0.3) is 5.91 Å². The summed E-state index contributed by atoms with van der Waals surface area (Å²) in [5, 5.41) is 5.99.